The van der Waals surface area contributed by atoms with Gasteiger partial charge in [-0.1, -0.05) is 127 Å². The molecule has 2 heteroatoms. The van der Waals surface area contributed by atoms with Crippen LogP contribution in [0.3, 0.4) is 0 Å². The average molecular weight is 664 g/mol. The van der Waals surface area contributed by atoms with Crippen LogP contribution in [0.1, 0.15) is 22.6 Å². The van der Waals surface area contributed by atoms with E-state index in [-0.39, 0.29) is 0 Å². The van der Waals surface area contributed by atoms with E-state index in [0.717, 1.165) is 34.0 Å². The van der Waals surface area contributed by atoms with Gasteiger partial charge in [-0.2, -0.15) is 0 Å². The standard InChI is InChI=1S/C50H33NO/c1-3-11-32(12-4-1)34-21-24-39-43(33-13-5-2-6-14-33)30-37-20-19-35(27-44(37)45(39)28-34)36-22-26-48-46(29-36)40-15-7-9-17-47(40)51(48)38-23-25-42-41-16-8-10-18-49(41)52-50(42)31-38/h1-29,31,43H,30H2. The van der Waals surface area contributed by atoms with Gasteiger partial charge < -0.3 is 8.98 Å². The number of furan rings is 1. The molecule has 0 spiro atoms. The van der Waals surface area contributed by atoms with Crippen LogP contribution < -0.4 is 0 Å². The molecule has 0 fully saturated rings. The highest BCUT2D eigenvalue weighted by Gasteiger charge is 2.27. The maximum absolute atomic E-state index is 6.31. The number of aromatic nitrogens is 1. The molecule has 0 radical (unpaired) electrons. The molecule has 0 N–H and O–H groups in total. The first kappa shape index (κ1) is 29.1. The molecule has 2 nitrogen and oxygen atoms in total. The summed E-state index contributed by atoms with van der Waals surface area (Å²) in [5, 5.41) is 4.77. The molecular formula is C50H33NO. The summed E-state index contributed by atoms with van der Waals surface area (Å²) >= 11 is 0. The highest BCUT2D eigenvalue weighted by atomic mass is 16.3. The van der Waals surface area contributed by atoms with Crippen molar-refractivity contribution < 1.29 is 4.42 Å². The van der Waals surface area contributed by atoms with E-state index in [1.807, 2.05) is 12.1 Å². The van der Waals surface area contributed by atoms with Gasteiger partial charge in [-0.3, -0.25) is 0 Å². The van der Waals surface area contributed by atoms with Gasteiger partial charge in [0.1, 0.15) is 11.2 Å². The topological polar surface area (TPSA) is 18.1 Å². The molecule has 1 unspecified atom stereocenters. The van der Waals surface area contributed by atoms with Gasteiger partial charge in [-0.25, -0.2) is 0 Å². The van der Waals surface area contributed by atoms with E-state index >= 15 is 0 Å². The third kappa shape index (κ3) is 4.51. The Morgan fingerprint density at radius 1 is 0.423 bits per heavy atom. The summed E-state index contributed by atoms with van der Waals surface area (Å²) in [6.07, 6.45) is 0.986. The minimum atomic E-state index is 0.320. The first-order valence-corrected chi connectivity index (χ1v) is 18.1. The molecule has 244 valence electrons. The monoisotopic (exact) mass is 663 g/mol. The van der Waals surface area contributed by atoms with Crippen molar-refractivity contribution in [2.45, 2.75) is 12.3 Å². The Labute approximate surface area is 301 Å². The van der Waals surface area contributed by atoms with Crippen molar-refractivity contribution >= 4 is 43.7 Å². The van der Waals surface area contributed by atoms with Gasteiger partial charge in [0.05, 0.1) is 11.0 Å². The van der Waals surface area contributed by atoms with E-state index in [1.54, 1.807) is 0 Å². The lowest BCUT2D eigenvalue weighted by Crippen LogP contribution is -2.13. The lowest BCUT2D eigenvalue weighted by molar-refractivity contribution is 0.668. The zero-order valence-electron chi connectivity index (χ0n) is 28.5. The molecule has 1 atom stereocenters. The fraction of sp³-hybridized carbons (Fsp3) is 0.0400. The number of benzene rings is 8. The predicted molar refractivity (Wildman–Crippen MR) is 216 cm³/mol. The van der Waals surface area contributed by atoms with E-state index < -0.39 is 0 Å². The second-order valence-electron chi connectivity index (χ2n) is 14.1. The third-order valence-electron chi connectivity index (χ3n) is 11.2. The van der Waals surface area contributed by atoms with Crippen LogP contribution in [0, 0.1) is 0 Å². The maximum atomic E-state index is 6.31. The van der Waals surface area contributed by atoms with E-state index in [9.17, 15) is 0 Å². The largest absolute Gasteiger partial charge is 0.456 e. The molecule has 8 aromatic carbocycles. The molecular weight excluding hydrogens is 631 g/mol. The Balaban J connectivity index is 1.06. The van der Waals surface area contributed by atoms with Crippen LogP contribution in [0.15, 0.2) is 186 Å². The van der Waals surface area contributed by atoms with Crippen LogP contribution >= 0.6 is 0 Å². The van der Waals surface area contributed by atoms with E-state index in [1.165, 1.54) is 71.9 Å². The van der Waals surface area contributed by atoms with Gasteiger partial charge in [0, 0.05) is 39.2 Å². The molecule has 0 amide bonds. The maximum Gasteiger partial charge on any atom is 0.137 e. The number of rotatable bonds is 4. The van der Waals surface area contributed by atoms with Gasteiger partial charge in [0.25, 0.3) is 0 Å². The summed E-state index contributed by atoms with van der Waals surface area (Å²) in [6, 6.07) is 66.5. The van der Waals surface area contributed by atoms with Gasteiger partial charge in [-0.15, -0.1) is 0 Å². The van der Waals surface area contributed by atoms with Crippen molar-refractivity contribution in [1.29, 1.82) is 0 Å². The highest BCUT2D eigenvalue weighted by molar-refractivity contribution is 6.11. The fourth-order valence-electron chi connectivity index (χ4n) is 8.69. The Hall–Kier alpha value is -6.64. The molecule has 0 saturated carbocycles. The molecule has 52 heavy (non-hydrogen) atoms. The Morgan fingerprint density at radius 2 is 1.08 bits per heavy atom. The minimum Gasteiger partial charge on any atom is -0.456 e. The summed E-state index contributed by atoms with van der Waals surface area (Å²) in [6.45, 7) is 0. The van der Waals surface area contributed by atoms with Crippen LogP contribution in [0.4, 0.5) is 0 Å². The molecule has 11 rings (SSSR count). The fourth-order valence-corrected chi connectivity index (χ4v) is 8.69. The van der Waals surface area contributed by atoms with Crippen LogP contribution in [0.25, 0.3) is 82.8 Å². The summed E-state index contributed by atoms with van der Waals surface area (Å²) in [5.41, 5.74) is 17.1. The van der Waals surface area contributed by atoms with Crippen LogP contribution in [-0.2, 0) is 6.42 Å². The zero-order chi connectivity index (χ0) is 34.2. The third-order valence-corrected chi connectivity index (χ3v) is 11.2. The Morgan fingerprint density at radius 3 is 1.96 bits per heavy atom. The second-order valence-corrected chi connectivity index (χ2v) is 14.1. The van der Waals surface area contributed by atoms with E-state index in [4.69, 9.17) is 4.42 Å². The number of para-hydroxylation sites is 2. The smallest absolute Gasteiger partial charge is 0.137 e. The number of hydrogen-bond acceptors (Lipinski definition) is 1. The molecule has 1 aliphatic rings. The average Bonchev–Trinajstić information content (AvgIpc) is 3.76. The summed E-state index contributed by atoms with van der Waals surface area (Å²) in [5.74, 6) is 0.320. The van der Waals surface area contributed by atoms with Crippen molar-refractivity contribution in [2.24, 2.45) is 0 Å². The van der Waals surface area contributed by atoms with Crippen LogP contribution in [0.2, 0.25) is 0 Å². The summed E-state index contributed by atoms with van der Waals surface area (Å²) < 4.78 is 8.69. The zero-order valence-corrected chi connectivity index (χ0v) is 28.5. The van der Waals surface area contributed by atoms with Gasteiger partial charge in [-0.05, 0) is 105 Å². The van der Waals surface area contributed by atoms with Crippen molar-refractivity contribution in [1.82, 2.24) is 4.57 Å². The lowest BCUT2D eigenvalue weighted by atomic mass is 9.74. The van der Waals surface area contributed by atoms with Crippen molar-refractivity contribution in [3.05, 3.63) is 199 Å². The summed E-state index contributed by atoms with van der Waals surface area (Å²) in [4.78, 5) is 0. The Bertz CT molecular complexity index is 2980. The van der Waals surface area contributed by atoms with Gasteiger partial charge >= 0.3 is 0 Å². The molecule has 0 bridgehead atoms. The van der Waals surface area contributed by atoms with Crippen LogP contribution in [0.5, 0.6) is 0 Å². The first-order chi connectivity index (χ1) is 25.8. The number of hydrogen-bond donors (Lipinski definition) is 0. The highest BCUT2D eigenvalue weighted by Crippen LogP contribution is 2.46. The minimum absolute atomic E-state index is 0.320. The van der Waals surface area contributed by atoms with Gasteiger partial charge in [0.2, 0.25) is 0 Å². The number of fused-ring (bicyclic) bond motifs is 9. The second kappa shape index (κ2) is 11.4. The molecule has 1 aliphatic carbocycles. The normalized spacial score (nSPS) is 13.9. The molecule has 0 saturated heterocycles. The van der Waals surface area contributed by atoms with E-state index in [0.29, 0.717) is 5.92 Å². The quantitative estimate of drug-likeness (QED) is 0.183. The lowest BCUT2D eigenvalue weighted by Gasteiger charge is -2.29. The SMILES string of the molecule is c1ccc(-c2ccc3c(c2)-c2cc(-c4ccc5c(c4)c4ccccc4n5-c4ccc5c(c4)oc4ccccc45)ccc2CC3c2ccccc2)cc1. The van der Waals surface area contributed by atoms with E-state index in [2.05, 4.69) is 174 Å². The first-order valence-electron chi connectivity index (χ1n) is 18.1. The van der Waals surface area contributed by atoms with Crippen molar-refractivity contribution in [2.75, 3.05) is 0 Å². The van der Waals surface area contributed by atoms with Crippen molar-refractivity contribution in [3.63, 3.8) is 0 Å². The van der Waals surface area contributed by atoms with Crippen molar-refractivity contribution in [3.8, 4) is 39.1 Å². The molecule has 0 aliphatic heterocycles. The number of nitrogens with zero attached hydrogens (tertiary/aromatic N) is 1. The van der Waals surface area contributed by atoms with Crippen LogP contribution in [-0.4, -0.2) is 4.57 Å². The predicted octanol–water partition coefficient (Wildman–Crippen LogP) is 13.4. The molecule has 2 heterocycles. The summed E-state index contributed by atoms with van der Waals surface area (Å²) in [7, 11) is 0. The molecule has 2 aromatic heterocycles. The molecule has 10 aromatic rings. The Kier molecular flexibility index (Phi) is 6.41. The van der Waals surface area contributed by atoms with Gasteiger partial charge in [0.15, 0.2) is 0 Å².